The summed E-state index contributed by atoms with van der Waals surface area (Å²) in [5.41, 5.74) is 0.670. The zero-order valence-electron chi connectivity index (χ0n) is 9.68. The maximum Gasteiger partial charge on any atom is 0.00385 e. The van der Waals surface area contributed by atoms with Crippen molar-refractivity contribution in [1.29, 1.82) is 0 Å². The Morgan fingerprint density at radius 1 is 1.14 bits per heavy atom. The molecule has 2 saturated heterocycles. The van der Waals surface area contributed by atoms with E-state index in [4.69, 9.17) is 0 Å². The summed E-state index contributed by atoms with van der Waals surface area (Å²) in [5.74, 6) is 0. The second-order valence-corrected chi connectivity index (χ2v) is 5.41. The third kappa shape index (κ3) is 2.12. The van der Waals surface area contributed by atoms with Crippen molar-refractivity contribution in [3.05, 3.63) is 0 Å². The molecule has 82 valence electrons. The number of nitrogens with zero attached hydrogens (tertiary/aromatic N) is 1. The smallest absolute Gasteiger partial charge is 0.00385 e. The van der Waals surface area contributed by atoms with Crippen LogP contribution in [0.4, 0.5) is 0 Å². The minimum Gasteiger partial charge on any atom is -0.316 e. The maximum absolute atomic E-state index is 3.57. The van der Waals surface area contributed by atoms with Gasteiger partial charge in [0.05, 0.1) is 0 Å². The van der Waals surface area contributed by atoms with E-state index < -0.39 is 0 Å². The molecule has 2 fully saturated rings. The summed E-state index contributed by atoms with van der Waals surface area (Å²) in [6.07, 6.45) is 5.68. The Morgan fingerprint density at radius 3 is 2.36 bits per heavy atom. The van der Waals surface area contributed by atoms with Gasteiger partial charge in [0.15, 0.2) is 0 Å². The van der Waals surface area contributed by atoms with E-state index in [9.17, 15) is 0 Å². The highest BCUT2D eigenvalue weighted by atomic mass is 15.2. The molecule has 0 unspecified atom stereocenters. The molecule has 0 bridgehead atoms. The molecule has 0 aromatic rings. The van der Waals surface area contributed by atoms with Crippen LogP contribution in [0.15, 0.2) is 0 Å². The summed E-state index contributed by atoms with van der Waals surface area (Å²) in [7, 11) is 0. The Hall–Kier alpha value is -0.0800. The van der Waals surface area contributed by atoms with Crippen molar-refractivity contribution in [3.63, 3.8) is 0 Å². The van der Waals surface area contributed by atoms with Crippen LogP contribution in [-0.2, 0) is 0 Å². The van der Waals surface area contributed by atoms with Gasteiger partial charge in [-0.2, -0.15) is 0 Å². The molecule has 2 nitrogen and oxygen atoms in total. The maximum atomic E-state index is 3.57. The fourth-order valence-electron chi connectivity index (χ4n) is 2.97. The van der Waals surface area contributed by atoms with Gasteiger partial charge in [-0.25, -0.2) is 0 Å². The molecule has 0 aromatic carbocycles. The monoisotopic (exact) mass is 196 g/mol. The van der Waals surface area contributed by atoms with Crippen molar-refractivity contribution in [3.8, 4) is 0 Å². The highest BCUT2D eigenvalue weighted by Gasteiger charge is 2.35. The SMILES string of the molecule is CC(C)N1CCC2(CCCNC2)CC1. The molecule has 2 rings (SSSR count). The number of rotatable bonds is 1. The average Bonchev–Trinajstić information content (AvgIpc) is 2.19. The van der Waals surface area contributed by atoms with Gasteiger partial charge in [-0.1, -0.05) is 0 Å². The Morgan fingerprint density at radius 2 is 1.86 bits per heavy atom. The Balaban J connectivity index is 1.87. The zero-order chi connectivity index (χ0) is 10.0. The summed E-state index contributed by atoms with van der Waals surface area (Å²) in [6.45, 7) is 9.79. The first-order chi connectivity index (χ1) is 6.72. The molecule has 0 amide bonds. The minimum absolute atomic E-state index is 0.670. The van der Waals surface area contributed by atoms with E-state index in [2.05, 4.69) is 24.1 Å². The number of piperidine rings is 2. The van der Waals surface area contributed by atoms with Crippen LogP contribution in [0.5, 0.6) is 0 Å². The number of hydrogen-bond acceptors (Lipinski definition) is 2. The Labute approximate surface area is 88.1 Å². The first-order valence-electron chi connectivity index (χ1n) is 6.17. The van der Waals surface area contributed by atoms with E-state index >= 15 is 0 Å². The van der Waals surface area contributed by atoms with Crippen LogP contribution in [0.3, 0.4) is 0 Å². The van der Waals surface area contributed by atoms with E-state index in [1.807, 2.05) is 0 Å². The molecular weight excluding hydrogens is 172 g/mol. The van der Waals surface area contributed by atoms with E-state index in [0.717, 1.165) is 6.04 Å². The lowest BCUT2D eigenvalue weighted by Crippen LogP contribution is -2.49. The summed E-state index contributed by atoms with van der Waals surface area (Å²) >= 11 is 0. The molecule has 0 aliphatic carbocycles. The molecule has 2 aliphatic heterocycles. The molecule has 2 heteroatoms. The van der Waals surface area contributed by atoms with Gasteiger partial charge in [0.1, 0.15) is 0 Å². The summed E-state index contributed by atoms with van der Waals surface area (Å²) in [5, 5.41) is 3.57. The molecule has 0 atom stereocenters. The third-order valence-electron chi connectivity index (χ3n) is 4.15. The normalized spacial score (nSPS) is 28.5. The topological polar surface area (TPSA) is 15.3 Å². The fourth-order valence-corrected chi connectivity index (χ4v) is 2.97. The van der Waals surface area contributed by atoms with E-state index in [-0.39, 0.29) is 0 Å². The second-order valence-electron chi connectivity index (χ2n) is 5.41. The van der Waals surface area contributed by atoms with Crippen LogP contribution in [0.1, 0.15) is 39.5 Å². The van der Waals surface area contributed by atoms with Crippen LogP contribution in [0.25, 0.3) is 0 Å². The third-order valence-corrected chi connectivity index (χ3v) is 4.15. The van der Waals surface area contributed by atoms with Gasteiger partial charge in [0, 0.05) is 12.6 Å². The molecule has 0 saturated carbocycles. The fraction of sp³-hybridized carbons (Fsp3) is 1.00. The van der Waals surface area contributed by atoms with Crippen LogP contribution in [0.2, 0.25) is 0 Å². The lowest BCUT2D eigenvalue weighted by molar-refractivity contribution is 0.0627. The quantitative estimate of drug-likeness (QED) is 0.688. The van der Waals surface area contributed by atoms with Gasteiger partial charge < -0.3 is 10.2 Å². The number of likely N-dealkylation sites (tertiary alicyclic amines) is 1. The summed E-state index contributed by atoms with van der Waals surface area (Å²) in [6, 6.07) is 0.740. The molecule has 2 heterocycles. The average molecular weight is 196 g/mol. The summed E-state index contributed by atoms with van der Waals surface area (Å²) < 4.78 is 0. The predicted octanol–water partition coefficient (Wildman–Crippen LogP) is 1.86. The van der Waals surface area contributed by atoms with Crippen molar-refractivity contribution >= 4 is 0 Å². The van der Waals surface area contributed by atoms with E-state index in [1.165, 1.54) is 51.9 Å². The molecule has 1 N–H and O–H groups in total. The highest BCUT2D eigenvalue weighted by molar-refractivity contribution is 4.90. The van der Waals surface area contributed by atoms with Gasteiger partial charge in [-0.15, -0.1) is 0 Å². The van der Waals surface area contributed by atoms with Gasteiger partial charge in [-0.3, -0.25) is 0 Å². The van der Waals surface area contributed by atoms with Crippen LogP contribution in [0, 0.1) is 5.41 Å². The highest BCUT2D eigenvalue weighted by Crippen LogP contribution is 2.37. The van der Waals surface area contributed by atoms with Crippen LogP contribution >= 0.6 is 0 Å². The lowest BCUT2D eigenvalue weighted by Gasteiger charge is -2.45. The van der Waals surface area contributed by atoms with Gasteiger partial charge in [0.2, 0.25) is 0 Å². The van der Waals surface area contributed by atoms with Gasteiger partial charge in [-0.05, 0) is 64.6 Å². The number of hydrogen-bond donors (Lipinski definition) is 1. The van der Waals surface area contributed by atoms with Crippen molar-refractivity contribution in [2.45, 2.75) is 45.6 Å². The number of nitrogens with one attached hydrogen (secondary N) is 1. The van der Waals surface area contributed by atoms with Crippen molar-refractivity contribution in [2.24, 2.45) is 5.41 Å². The van der Waals surface area contributed by atoms with Crippen LogP contribution < -0.4 is 5.32 Å². The van der Waals surface area contributed by atoms with Gasteiger partial charge >= 0.3 is 0 Å². The van der Waals surface area contributed by atoms with Crippen molar-refractivity contribution in [2.75, 3.05) is 26.2 Å². The van der Waals surface area contributed by atoms with Gasteiger partial charge in [0.25, 0.3) is 0 Å². The second kappa shape index (κ2) is 4.19. The van der Waals surface area contributed by atoms with Crippen molar-refractivity contribution in [1.82, 2.24) is 10.2 Å². The minimum atomic E-state index is 0.670. The molecular formula is C12H24N2. The molecule has 0 aromatic heterocycles. The van der Waals surface area contributed by atoms with Crippen molar-refractivity contribution < 1.29 is 0 Å². The largest absolute Gasteiger partial charge is 0.316 e. The predicted molar refractivity (Wildman–Crippen MR) is 60.5 cm³/mol. The first-order valence-corrected chi connectivity index (χ1v) is 6.17. The molecule has 1 spiro atoms. The molecule has 0 radical (unpaired) electrons. The standard InChI is InChI=1S/C12H24N2/c1-11(2)14-8-5-12(6-9-14)4-3-7-13-10-12/h11,13H,3-10H2,1-2H3. The zero-order valence-corrected chi connectivity index (χ0v) is 9.68. The molecule has 14 heavy (non-hydrogen) atoms. The Bertz CT molecular complexity index is 173. The summed E-state index contributed by atoms with van der Waals surface area (Å²) in [4.78, 5) is 2.62. The Kier molecular flexibility index (Phi) is 3.13. The first kappa shape index (κ1) is 10.4. The van der Waals surface area contributed by atoms with E-state index in [1.54, 1.807) is 0 Å². The lowest BCUT2D eigenvalue weighted by atomic mass is 9.73. The van der Waals surface area contributed by atoms with Crippen LogP contribution in [-0.4, -0.2) is 37.1 Å². The molecule has 2 aliphatic rings. The van der Waals surface area contributed by atoms with E-state index in [0.29, 0.717) is 5.41 Å².